The predicted octanol–water partition coefficient (Wildman–Crippen LogP) is 2.06. The van der Waals surface area contributed by atoms with E-state index in [9.17, 15) is 14.4 Å². The molecular weight excluding hydrogens is 328 g/mol. The molecule has 6 nitrogen and oxygen atoms in total. The summed E-state index contributed by atoms with van der Waals surface area (Å²) >= 11 is 4.06. The minimum Gasteiger partial charge on any atom is -0.465 e. The second kappa shape index (κ2) is 11.6. The standard InChI is InChI=1S/C17H24N2O4S/c1-23-17(22)13-6-5-7-14(10-13)19-16(21)8-3-2-4-9-18-15(11-20)12-24/h5-7,10-11,15,18,24H,2-4,8-9,12H2,1H3,(H,19,21). The Balaban J connectivity index is 2.25. The van der Waals surface area contributed by atoms with Crippen LogP contribution in [-0.4, -0.2) is 43.6 Å². The lowest BCUT2D eigenvalue weighted by atomic mass is 10.1. The molecular formula is C17H24N2O4S. The maximum Gasteiger partial charge on any atom is 0.337 e. The number of methoxy groups -OCH3 is 1. The lowest BCUT2D eigenvalue weighted by molar-refractivity contribution is -0.116. The molecule has 0 aliphatic rings. The molecule has 0 aliphatic carbocycles. The van der Waals surface area contributed by atoms with Crippen molar-refractivity contribution in [3.8, 4) is 0 Å². The van der Waals surface area contributed by atoms with Gasteiger partial charge in [0, 0.05) is 17.9 Å². The van der Waals surface area contributed by atoms with E-state index in [-0.39, 0.29) is 11.9 Å². The smallest absolute Gasteiger partial charge is 0.337 e. The van der Waals surface area contributed by atoms with Gasteiger partial charge in [-0.2, -0.15) is 12.6 Å². The fraction of sp³-hybridized carbons (Fsp3) is 0.471. The van der Waals surface area contributed by atoms with Crippen molar-refractivity contribution >= 4 is 36.5 Å². The van der Waals surface area contributed by atoms with E-state index in [1.54, 1.807) is 24.3 Å². The summed E-state index contributed by atoms with van der Waals surface area (Å²) in [5.41, 5.74) is 0.975. The number of amides is 1. The second-order valence-electron chi connectivity index (χ2n) is 5.31. The van der Waals surface area contributed by atoms with E-state index >= 15 is 0 Å². The Morgan fingerprint density at radius 3 is 2.75 bits per heavy atom. The SMILES string of the molecule is COC(=O)c1cccc(NC(=O)CCCCCNC(C=O)CS)c1. The van der Waals surface area contributed by atoms with Crippen LogP contribution in [0.2, 0.25) is 0 Å². The zero-order valence-electron chi connectivity index (χ0n) is 13.8. The molecule has 1 amide bonds. The molecule has 2 N–H and O–H groups in total. The van der Waals surface area contributed by atoms with Gasteiger partial charge in [-0.3, -0.25) is 4.79 Å². The summed E-state index contributed by atoms with van der Waals surface area (Å²) in [5, 5.41) is 5.85. The number of carbonyl (C=O) groups is 3. The number of thiol groups is 1. The average molecular weight is 352 g/mol. The second-order valence-corrected chi connectivity index (χ2v) is 5.68. The van der Waals surface area contributed by atoms with Crippen LogP contribution in [0.25, 0.3) is 0 Å². The van der Waals surface area contributed by atoms with Gasteiger partial charge in [-0.05, 0) is 37.6 Å². The third kappa shape index (κ3) is 7.61. The Kier molecular flexibility index (Phi) is 9.79. The maximum absolute atomic E-state index is 11.9. The van der Waals surface area contributed by atoms with Crippen molar-refractivity contribution in [1.82, 2.24) is 5.32 Å². The van der Waals surface area contributed by atoms with Crippen LogP contribution in [0.1, 0.15) is 36.0 Å². The molecule has 0 saturated carbocycles. The predicted molar refractivity (Wildman–Crippen MR) is 96.6 cm³/mol. The van der Waals surface area contributed by atoms with E-state index in [0.29, 0.717) is 23.4 Å². The van der Waals surface area contributed by atoms with Crippen LogP contribution >= 0.6 is 12.6 Å². The molecule has 1 rings (SSSR count). The van der Waals surface area contributed by atoms with Gasteiger partial charge in [0.15, 0.2) is 0 Å². The molecule has 0 saturated heterocycles. The monoisotopic (exact) mass is 352 g/mol. The van der Waals surface area contributed by atoms with Crippen LogP contribution in [0.4, 0.5) is 5.69 Å². The van der Waals surface area contributed by atoms with Gasteiger partial charge in [0.05, 0.1) is 18.7 Å². The van der Waals surface area contributed by atoms with E-state index in [4.69, 9.17) is 0 Å². The number of nitrogens with one attached hydrogen (secondary N) is 2. The van der Waals surface area contributed by atoms with Crippen LogP contribution in [0.3, 0.4) is 0 Å². The van der Waals surface area contributed by atoms with Crippen LogP contribution in [0.5, 0.6) is 0 Å². The number of benzene rings is 1. The first-order valence-electron chi connectivity index (χ1n) is 7.88. The molecule has 0 aliphatic heterocycles. The van der Waals surface area contributed by atoms with Gasteiger partial charge in [0.2, 0.25) is 5.91 Å². The highest BCUT2D eigenvalue weighted by atomic mass is 32.1. The number of hydrogen-bond donors (Lipinski definition) is 3. The summed E-state index contributed by atoms with van der Waals surface area (Å²) in [6, 6.07) is 6.43. The Hall–Kier alpha value is -1.86. The number of hydrogen-bond acceptors (Lipinski definition) is 6. The first kappa shape index (κ1) is 20.2. The summed E-state index contributed by atoms with van der Waals surface area (Å²) < 4.78 is 4.65. The highest BCUT2D eigenvalue weighted by Crippen LogP contribution is 2.12. The zero-order chi connectivity index (χ0) is 17.8. The summed E-state index contributed by atoms with van der Waals surface area (Å²) in [6.07, 6.45) is 3.80. The molecule has 7 heteroatoms. The summed E-state index contributed by atoms with van der Waals surface area (Å²) in [4.78, 5) is 34.0. The number of esters is 1. The largest absolute Gasteiger partial charge is 0.465 e. The maximum atomic E-state index is 11.9. The number of aldehydes is 1. The summed E-state index contributed by atoms with van der Waals surface area (Å²) in [6.45, 7) is 0.729. The Morgan fingerprint density at radius 1 is 1.29 bits per heavy atom. The van der Waals surface area contributed by atoms with Crippen LogP contribution in [0.15, 0.2) is 24.3 Å². The van der Waals surface area contributed by atoms with Crippen molar-refractivity contribution in [3.63, 3.8) is 0 Å². The molecule has 0 bridgehead atoms. The third-order valence-corrected chi connectivity index (χ3v) is 3.81. The average Bonchev–Trinajstić information content (AvgIpc) is 2.60. The van der Waals surface area contributed by atoms with Gasteiger partial charge < -0.3 is 20.2 Å². The number of carbonyl (C=O) groups excluding carboxylic acids is 3. The third-order valence-electron chi connectivity index (χ3n) is 3.42. The van der Waals surface area contributed by atoms with E-state index in [0.717, 1.165) is 32.1 Å². The van der Waals surface area contributed by atoms with E-state index < -0.39 is 5.97 Å². The van der Waals surface area contributed by atoms with E-state index in [1.807, 2.05) is 0 Å². The highest BCUT2D eigenvalue weighted by molar-refractivity contribution is 7.80. The van der Waals surface area contributed by atoms with Gasteiger partial charge in [-0.1, -0.05) is 12.5 Å². The van der Waals surface area contributed by atoms with Gasteiger partial charge in [0.25, 0.3) is 0 Å². The Morgan fingerprint density at radius 2 is 2.08 bits per heavy atom. The number of anilines is 1. The highest BCUT2D eigenvalue weighted by Gasteiger charge is 2.08. The van der Waals surface area contributed by atoms with Gasteiger partial charge in [-0.25, -0.2) is 4.79 Å². The molecule has 0 heterocycles. The van der Waals surface area contributed by atoms with Crippen molar-refractivity contribution in [2.24, 2.45) is 0 Å². The molecule has 1 aromatic carbocycles. The molecule has 1 aromatic rings. The molecule has 0 radical (unpaired) electrons. The number of rotatable bonds is 11. The van der Waals surface area contributed by atoms with Crippen LogP contribution in [-0.2, 0) is 14.3 Å². The summed E-state index contributed by atoms with van der Waals surface area (Å²) in [7, 11) is 1.32. The molecule has 0 fully saturated rings. The Labute approximate surface area is 147 Å². The number of unbranched alkanes of at least 4 members (excludes halogenated alkanes) is 2. The first-order valence-corrected chi connectivity index (χ1v) is 8.51. The fourth-order valence-electron chi connectivity index (χ4n) is 2.10. The van der Waals surface area contributed by atoms with Crippen LogP contribution < -0.4 is 10.6 Å². The van der Waals surface area contributed by atoms with Crippen molar-refractivity contribution < 1.29 is 19.1 Å². The zero-order valence-corrected chi connectivity index (χ0v) is 14.7. The molecule has 132 valence electrons. The molecule has 24 heavy (non-hydrogen) atoms. The lowest BCUT2D eigenvalue weighted by Gasteiger charge is -2.09. The van der Waals surface area contributed by atoms with Crippen molar-refractivity contribution in [3.05, 3.63) is 29.8 Å². The molecule has 1 atom stereocenters. The summed E-state index contributed by atoms with van der Waals surface area (Å²) in [5.74, 6) is -0.0455. The lowest BCUT2D eigenvalue weighted by Crippen LogP contribution is -2.32. The first-order chi connectivity index (χ1) is 11.6. The van der Waals surface area contributed by atoms with E-state index in [1.165, 1.54) is 7.11 Å². The Bertz CT molecular complexity index is 551. The van der Waals surface area contributed by atoms with Crippen molar-refractivity contribution in [2.75, 3.05) is 24.7 Å². The van der Waals surface area contributed by atoms with E-state index in [2.05, 4.69) is 28.0 Å². The molecule has 0 spiro atoms. The van der Waals surface area contributed by atoms with Gasteiger partial charge in [0.1, 0.15) is 6.29 Å². The minimum atomic E-state index is -0.437. The number of ether oxygens (including phenoxy) is 1. The van der Waals surface area contributed by atoms with Gasteiger partial charge in [-0.15, -0.1) is 0 Å². The van der Waals surface area contributed by atoms with Crippen molar-refractivity contribution in [1.29, 1.82) is 0 Å². The normalized spacial score (nSPS) is 11.6. The topological polar surface area (TPSA) is 84.5 Å². The quantitative estimate of drug-likeness (QED) is 0.246. The van der Waals surface area contributed by atoms with Crippen LogP contribution in [0, 0.1) is 0 Å². The molecule has 0 aromatic heterocycles. The van der Waals surface area contributed by atoms with Gasteiger partial charge >= 0.3 is 5.97 Å². The molecule has 1 unspecified atom stereocenters. The minimum absolute atomic E-state index is 0.0916. The fourth-order valence-corrected chi connectivity index (χ4v) is 2.31. The van der Waals surface area contributed by atoms with Crippen molar-refractivity contribution in [2.45, 2.75) is 31.7 Å².